The molecule has 1 aromatic rings. The number of carbonyl (C=O) groups is 2. The number of aldehydes is 1. The topological polar surface area (TPSA) is 43.4 Å². The van der Waals surface area contributed by atoms with E-state index in [9.17, 15) is 9.59 Å². The lowest BCUT2D eigenvalue weighted by Crippen LogP contribution is -2.17. The summed E-state index contributed by atoms with van der Waals surface area (Å²) >= 11 is 5.88. The Kier molecular flexibility index (Phi) is 4.31. The van der Waals surface area contributed by atoms with Gasteiger partial charge in [-0.3, -0.25) is 4.79 Å². The molecule has 1 unspecified atom stereocenters. The Morgan fingerprint density at radius 2 is 2.20 bits per heavy atom. The van der Waals surface area contributed by atoms with Gasteiger partial charge in [0.2, 0.25) is 0 Å². The monoisotopic (exact) mass is 226 g/mol. The van der Waals surface area contributed by atoms with E-state index in [0.717, 1.165) is 0 Å². The van der Waals surface area contributed by atoms with Crippen molar-refractivity contribution in [3.8, 4) is 0 Å². The molecular weight excluding hydrogens is 216 g/mol. The lowest BCUT2D eigenvalue weighted by Gasteiger charge is -2.10. The van der Waals surface area contributed by atoms with Crippen LogP contribution in [0.5, 0.6) is 0 Å². The number of hydrogen-bond donors (Lipinski definition) is 0. The fourth-order valence-corrected chi connectivity index (χ4v) is 1.47. The largest absolute Gasteiger partial charge is 0.465 e. The second kappa shape index (κ2) is 5.51. The molecule has 0 bridgehead atoms. The van der Waals surface area contributed by atoms with Crippen molar-refractivity contribution in [3.63, 3.8) is 0 Å². The highest BCUT2D eigenvalue weighted by atomic mass is 35.5. The lowest BCUT2D eigenvalue weighted by atomic mass is 10.0. The molecule has 80 valence electrons. The molecule has 0 aliphatic carbocycles. The maximum absolute atomic E-state index is 11.4. The van der Waals surface area contributed by atoms with Crippen LogP contribution in [0, 0.1) is 0 Å². The smallest absolute Gasteiger partial charge is 0.320 e. The van der Waals surface area contributed by atoms with E-state index in [1.165, 1.54) is 0 Å². The number of hydrogen-bond acceptors (Lipinski definition) is 3. The first-order valence-electron chi connectivity index (χ1n) is 4.57. The van der Waals surface area contributed by atoms with Gasteiger partial charge < -0.3 is 9.53 Å². The summed E-state index contributed by atoms with van der Waals surface area (Å²) < 4.78 is 4.78. The van der Waals surface area contributed by atoms with Crippen LogP contribution >= 0.6 is 11.6 Å². The van der Waals surface area contributed by atoms with Crippen molar-refractivity contribution in [2.24, 2.45) is 0 Å². The van der Waals surface area contributed by atoms with Crippen molar-refractivity contribution in [1.82, 2.24) is 0 Å². The summed E-state index contributed by atoms with van der Waals surface area (Å²) in [6, 6.07) is 6.72. The van der Waals surface area contributed by atoms with Crippen LogP contribution in [0.15, 0.2) is 24.3 Å². The van der Waals surface area contributed by atoms with E-state index in [1.54, 1.807) is 31.2 Å². The van der Waals surface area contributed by atoms with Crippen LogP contribution in [0.3, 0.4) is 0 Å². The van der Waals surface area contributed by atoms with Crippen LogP contribution in [0.1, 0.15) is 18.4 Å². The summed E-state index contributed by atoms with van der Waals surface area (Å²) in [7, 11) is 0. The Hall–Kier alpha value is -1.35. The van der Waals surface area contributed by atoms with Gasteiger partial charge in [-0.1, -0.05) is 29.8 Å². The predicted octanol–water partition coefficient (Wildman–Crippen LogP) is 2.19. The van der Waals surface area contributed by atoms with E-state index in [0.29, 0.717) is 16.9 Å². The maximum atomic E-state index is 11.4. The molecule has 15 heavy (non-hydrogen) atoms. The number of benzene rings is 1. The molecule has 0 spiro atoms. The Morgan fingerprint density at radius 1 is 1.53 bits per heavy atom. The molecule has 0 aromatic heterocycles. The summed E-state index contributed by atoms with van der Waals surface area (Å²) in [5.41, 5.74) is 0.479. The Labute approximate surface area is 93.0 Å². The SMILES string of the molecule is CCOC(=O)C(C=O)c1ccccc1Cl. The first-order valence-corrected chi connectivity index (χ1v) is 4.94. The van der Waals surface area contributed by atoms with E-state index in [4.69, 9.17) is 16.3 Å². The molecular formula is C11H11ClO3. The van der Waals surface area contributed by atoms with Gasteiger partial charge in [0.25, 0.3) is 0 Å². The molecule has 4 heteroatoms. The summed E-state index contributed by atoms with van der Waals surface area (Å²) in [6.45, 7) is 1.93. The third-order valence-corrected chi connectivity index (χ3v) is 2.26. The number of esters is 1. The van der Waals surface area contributed by atoms with Crippen LogP contribution in [-0.2, 0) is 14.3 Å². The molecule has 1 atom stereocenters. The molecule has 0 heterocycles. The van der Waals surface area contributed by atoms with Crippen LogP contribution < -0.4 is 0 Å². The predicted molar refractivity (Wildman–Crippen MR) is 56.9 cm³/mol. The zero-order valence-electron chi connectivity index (χ0n) is 8.27. The third kappa shape index (κ3) is 2.80. The number of halogens is 1. The van der Waals surface area contributed by atoms with Crippen LogP contribution in [0.2, 0.25) is 5.02 Å². The van der Waals surface area contributed by atoms with Crippen LogP contribution in [0.4, 0.5) is 0 Å². The Bertz CT molecular complexity index is 363. The molecule has 0 aliphatic heterocycles. The normalized spacial score (nSPS) is 11.9. The molecule has 3 nitrogen and oxygen atoms in total. The minimum absolute atomic E-state index is 0.244. The van der Waals surface area contributed by atoms with Crippen molar-refractivity contribution in [2.45, 2.75) is 12.8 Å². The third-order valence-electron chi connectivity index (χ3n) is 1.92. The average Bonchev–Trinajstić information content (AvgIpc) is 2.22. The maximum Gasteiger partial charge on any atom is 0.320 e. The molecule has 0 fully saturated rings. The molecule has 0 radical (unpaired) electrons. The van der Waals surface area contributed by atoms with Gasteiger partial charge >= 0.3 is 5.97 Å². The first-order chi connectivity index (χ1) is 7.20. The molecule has 0 saturated carbocycles. The zero-order valence-corrected chi connectivity index (χ0v) is 9.03. The number of ether oxygens (including phenoxy) is 1. The lowest BCUT2D eigenvalue weighted by molar-refractivity contribution is -0.146. The summed E-state index contributed by atoms with van der Waals surface area (Å²) in [4.78, 5) is 22.2. The second-order valence-corrected chi connectivity index (χ2v) is 3.29. The number of rotatable bonds is 4. The standard InChI is InChI=1S/C11H11ClO3/c1-2-15-11(14)9(7-13)8-5-3-4-6-10(8)12/h3-7,9H,2H2,1H3. The van der Waals surface area contributed by atoms with Crippen LogP contribution in [0.25, 0.3) is 0 Å². The fourth-order valence-electron chi connectivity index (χ4n) is 1.22. The minimum atomic E-state index is -0.932. The highest BCUT2D eigenvalue weighted by Crippen LogP contribution is 2.23. The second-order valence-electron chi connectivity index (χ2n) is 2.89. The number of carbonyl (C=O) groups excluding carboxylic acids is 2. The molecule has 0 saturated heterocycles. The average molecular weight is 227 g/mol. The quantitative estimate of drug-likeness (QED) is 0.449. The molecule has 1 rings (SSSR count). The van der Waals surface area contributed by atoms with Gasteiger partial charge in [0.1, 0.15) is 12.2 Å². The highest BCUT2D eigenvalue weighted by molar-refractivity contribution is 6.32. The Morgan fingerprint density at radius 3 is 2.73 bits per heavy atom. The van der Waals surface area contributed by atoms with Crippen molar-refractivity contribution in [2.75, 3.05) is 6.61 Å². The van der Waals surface area contributed by atoms with E-state index >= 15 is 0 Å². The van der Waals surface area contributed by atoms with Crippen molar-refractivity contribution in [1.29, 1.82) is 0 Å². The van der Waals surface area contributed by atoms with Gasteiger partial charge in [-0.15, -0.1) is 0 Å². The fraction of sp³-hybridized carbons (Fsp3) is 0.273. The van der Waals surface area contributed by atoms with Crippen LogP contribution in [-0.4, -0.2) is 18.9 Å². The summed E-state index contributed by atoms with van der Waals surface area (Å²) in [5, 5.41) is 0.391. The molecule has 0 N–H and O–H groups in total. The highest BCUT2D eigenvalue weighted by Gasteiger charge is 2.22. The van der Waals surface area contributed by atoms with Crippen molar-refractivity contribution >= 4 is 23.9 Å². The molecule has 0 aliphatic rings. The van der Waals surface area contributed by atoms with Gasteiger partial charge in [0.05, 0.1) is 6.61 Å². The van der Waals surface area contributed by atoms with Crippen molar-refractivity contribution < 1.29 is 14.3 Å². The molecule has 0 amide bonds. The zero-order chi connectivity index (χ0) is 11.3. The van der Waals surface area contributed by atoms with Gasteiger partial charge in [-0.05, 0) is 18.6 Å². The Balaban J connectivity index is 2.97. The van der Waals surface area contributed by atoms with Gasteiger partial charge in [0, 0.05) is 5.02 Å². The van der Waals surface area contributed by atoms with E-state index in [1.807, 2.05) is 0 Å². The summed E-state index contributed by atoms with van der Waals surface area (Å²) in [5.74, 6) is -1.50. The summed E-state index contributed by atoms with van der Waals surface area (Å²) in [6.07, 6.45) is 0.541. The minimum Gasteiger partial charge on any atom is -0.465 e. The first kappa shape index (κ1) is 11.7. The van der Waals surface area contributed by atoms with Gasteiger partial charge in [0.15, 0.2) is 0 Å². The van der Waals surface area contributed by atoms with Gasteiger partial charge in [-0.25, -0.2) is 0 Å². The van der Waals surface area contributed by atoms with Gasteiger partial charge in [-0.2, -0.15) is 0 Å². The molecule has 1 aromatic carbocycles. The van der Waals surface area contributed by atoms with E-state index < -0.39 is 11.9 Å². The van der Waals surface area contributed by atoms with Crippen molar-refractivity contribution in [3.05, 3.63) is 34.9 Å². The van der Waals surface area contributed by atoms with E-state index in [-0.39, 0.29) is 6.61 Å². The van der Waals surface area contributed by atoms with E-state index in [2.05, 4.69) is 0 Å².